The minimum atomic E-state index is -1.46. The summed E-state index contributed by atoms with van der Waals surface area (Å²) < 4.78 is 65.7. The van der Waals surface area contributed by atoms with Gasteiger partial charge in [-0.25, -0.2) is 21.9 Å². The van der Waals surface area contributed by atoms with Crippen LogP contribution in [0.4, 0.5) is 17.6 Å². The Labute approximate surface area is 210 Å². The smallest absolute Gasteiger partial charge is 0.264 e. The highest BCUT2D eigenvalue weighted by molar-refractivity contribution is 7.98. The molecule has 1 amide bonds. The van der Waals surface area contributed by atoms with Gasteiger partial charge in [0.1, 0.15) is 11.6 Å². The lowest BCUT2D eigenvalue weighted by atomic mass is 9.99. The van der Waals surface area contributed by atoms with E-state index in [1.165, 1.54) is 30.0 Å². The van der Waals surface area contributed by atoms with Crippen LogP contribution in [0.5, 0.6) is 5.75 Å². The molecule has 0 atom stereocenters. The molecule has 5 rings (SSSR count). The lowest BCUT2D eigenvalue weighted by Crippen LogP contribution is -2.31. The van der Waals surface area contributed by atoms with Crippen LogP contribution in [0.25, 0.3) is 0 Å². The second-order valence-corrected chi connectivity index (χ2v) is 11.6. The Morgan fingerprint density at radius 2 is 1.63 bits per heavy atom. The lowest BCUT2D eigenvalue weighted by molar-refractivity contribution is 0.0980. The molecule has 188 valence electrons. The highest BCUT2D eigenvalue weighted by atomic mass is 32.2. The highest BCUT2D eigenvalue weighted by Gasteiger charge is 2.31. The molecule has 1 N–H and O–H groups in total. The average molecular weight is 527 g/mol. The number of ether oxygens (including phenoxy) is 1. The van der Waals surface area contributed by atoms with Crippen LogP contribution in [0, 0.1) is 29.2 Å². The van der Waals surface area contributed by atoms with Crippen molar-refractivity contribution in [2.75, 3.05) is 19.7 Å². The largest absolute Gasteiger partial charge is 0.493 e. The van der Waals surface area contributed by atoms with Crippen molar-refractivity contribution in [1.82, 2.24) is 9.03 Å². The van der Waals surface area contributed by atoms with Crippen LogP contribution in [0.1, 0.15) is 60.4 Å². The number of hydrogen-bond acceptors (Lipinski definition) is 5. The predicted octanol–water partition coefficient (Wildman–Crippen LogP) is 6.46. The molecule has 1 heterocycles. The van der Waals surface area contributed by atoms with E-state index in [1.807, 2.05) is 4.31 Å². The van der Waals surface area contributed by atoms with Crippen LogP contribution in [-0.4, -0.2) is 35.2 Å². The third-order valence-corrected chi connectivity index (χ3v) is 8.62. The van der Waals surface area contributed by atoms with Gasteiger partial charge in [0.05, 0.1) is 12.2 Å². The van der Waals surface area contributed by atoms with Gasteiger partial charge in [-0.15, -0.1) is 0 Å². The molecule has 2 aromatic carbocycles. The van der Waals surface area contributed by atoms with Gasteiger partial charge in [0.15, 0.2) is 17.5 Å². The van der Waals surface area contributed by atoms with Crippen molar-refractivity contribution in [2.24, 2.45) is 5.92 Å². The van der Waals surface area contributed by atoms with Crippen LogP contribution in [0.15, 0.2) is 29.2 Å². The van der Waals surface area contributed by atoms with E-state index in [1.54, 1.807) is 6.07 Å². The molecule has 35 heavy (non-hydrogen) atoms. The molecule has 0 spiro atoms. The van der Waals surface area contributed by atoms with Crippen LogP contribution in [0.2, 0.25) is 0 Å². The zero-order chi connectivity index (χ0) is 24.5. The number of hydrogen-bond donors (Lipinski definition) is 1. The molecule has 0 unspecified atom stereocenters. The molecule has 1 saturated heterocycles. The summed E-state index contributed by atoms with van der Waals surface area (Å²) in [5.74, 6) is -3.78. The van der Waals surface area contributed by atoms with Crippen molar-refractivity contribution in [2.45, 2.75) is 54.6 Å². The number of piperidine rings is 1. The first-order valence-electron chi connectivity index (χ1n) is 11.9. The lowest BCUT2D eigenvalue weighted by Gasteiger charge is -2.31. The summed E-state index contributed by atoms with van der Waals surface area (Å²) in [7, 11) is 0. The molecule has 1 aliphatic heterocycles. The highest BCUT2D eigenvalue weighted by Crippen LogP contribution is 2.45. The van der Waals surface area contributed by atoms with Gasteiger partial charge in [0, 0.05) is 29.3 Å². The number of carbonyl (C=O) groups is 1. The summed E-state index contributed by atoms with van der Waals surface area (Å²) in [5, 5.41) is 0.440. The summed E-state index contributed by atoms with van der Waals surface area (Å²) in [6.45, 7) is 1.79. The third kappa shape index (κ3) is 6.27. The summed E-state index contributed by atoms with van der Waals surface area (Å²) in [5.41, 5.74) is 0.952. The number of benzene rings is 2. The Morgan fingerprint density at radius 1 is 0.943 bits per heavy atom. The SMILES string of the molecule is O=C(NSC1CC1)c1cc(C2CC2)c(OCC2CCN(Sc3cc(F)c(F)c(F)c3)CC2)cc1F. The quantitative estimate of drug-likeness (QED) is 0.231. The summed E-state index contributed by atoms with van der Waals surface area (Å²) in [6.07, 6.45) is 5.77. The van der Waals surface area contributed by atoms with Gasteiger partial charge in [0.25, 0.3) is 5.91 Å². The van der Waals surface area contributed by atoms with Crippen molar-refractivity contribution in [3.8, 4) is 5.75 Å². The van der Waals surface area contributed by atoms with E-state index in [0.717, 1.165) is 56.2 Å². The van der Waals surface area contributed by atoms with Crippen LogP contribution in [-0.2, 0) is 0 Å². The molecule has 3 aliphatic rings. The maximum Gasteiger partial charge on any atom is 0.264 e. The first kappa shape index (κ1) is 24.8. The summed E-state index contributed by atoms with van der Waals surface area (Å²) in [6, 6.07) is 4.99. The topological polar surface area (TPSA) is 41.6 Å². The number of nitrogens with one attached hydrogen (secondary N) is 1. The molecule has 2 aromatic rings. The van der Waals surface area contributed by atoms with E-state index in [2.05, 4.69) is 4.72 Å². The molecule has 10 heteroatoms. The molecule has 3 fully saturated rings. The van der Waals surface area contributed by atoms with E-state index in [-0.39, 0.29) is 11.5 Å². The maximum absolute atomic E-state index is 14.8. The maximum atomic E-state index is 14.8. The van der Waals surface area contributed by atoms with Crippen molar-refractivity contribution in [1.29, 1.82) is 0 Å². The number of halogens is 4. The van der Waals surface area contributed by atoms with E-state index in [4.69, 9.17) is 4.74 Å². The van der Waals surface area contributed by atoms with Crippen molar-refractivity contribution < 1.29 is 27.1 Å². The van der Waals surface area contributed by atoms with Gasteiger partial charge < -0.3 is 4.74 Å². The normalized spacial score (nSPS) is 19.1. The number of amides is 1. The molecular formula is C25H26F4N2O2S2. The number of carbonyl (C=O) groups excluding carboxylic acids is 1. The van der Waals surface area contributed by atoms with Gasteiger partial charge in [-0.05, 0) is 98.0 Å². The van der Waals surface area contributed by atoms with Crippen LogP contribution in [0.3, 0.4) is 0 Å². The Kier molecular flexibility index (Phi) is 7.50. The molecule has 4 nitrogen and oxygen atoms in total. The molecule has 2 saturated carbocycles. The Hall–Kier alpha value is -1.91. The van der Waals surface area contributed by atoms with E-state index >= 15 is 0 Å². The standard InChI is InChI=1S/C25H26F4N2O2S2/c26-20-12-23(18(15-1-2-15)11-19(20)25(32)30-34-16-3-4-16)33-13-14-5-7-31(8-6-14)35-17-9-21(27)24(29)22(28)10-17/h9-12,14-16H,1-8,13H2,(H,30,32). The Bertz CT molecular complexity index is 1080. The fourth-order valence-electron chi connectivity index (χ4n) is 4.07. The second kappa shape index (κ2) is 10.6. The van der Waals surface area contributed by atoms with Crippen LogP contribution >= 0.6 is 23.9 Å². The summed E-state index contributed by atoms with van der Waals surface area (Å²) in [4.78, 5) is 12.8. The van der Waals surface area contributed by atoms with Gasteiger partial charge in [-0.1, -0.05) is 0 Å². The molecule has 0 bridgehead atoms. The molecule has 2 aliphatic carbocycles. The molecule has 0 aromatic heterocycles. The predicted molar refractivity (Wildman–Crippen MR) is 128 cm³/mol. The van der Waals surface area contributed by atoms with Gasteiger partial charge in [-0.2, -0.15) is 0 Å². The van der Waals surface area contributed by atoms with E-state index in [9.17, 15) is 22.4 Å². The fourth-order valence-corrected chi connectivity index (χ4v) is 5.83. The van der Waals surface area contributed by atoms with Crippen molar-refractivity contribution in [3.63, 3.8) is 0 Å². The van der Waals surface area contributed by atoms with Crippen molar-refractivity contribution >= 4 is 29.8 Å². The van der Waals surface area contributed by atoms with E-state index in [0.29, 0.717) is 41.5 Å². The van der Waals surface area contributed by atoms with Gasteiger partial charge in [-0.3, -0.25) is 9.52 Å². The van der Waals surface area contributed by atoms with E-state index < -0.39 is 29.2 Å². The van der Waals surface area contributed by atoms with Gasteiger partial charge >= 0.3 is 0 Å². The van der Waals surface area contributed by atoms with Crippen molar-refractivity contribution in [3.05, 3.63) is 58.7 Å². The van der Waals surface area contributed by atoms with Gasteiger partial charge in [0.2, 0.25) is 0 Å². The zero-order valence-corrected chi connectivity index (χ0v) is 20.6. The average Bonchev–Trinajstić information content (AvgIpc) is 3.75. The third-order valence-electron chi connectivity index (χ3n) is 6.44. The number of rotatable bonds is 9. The second-order valence-electron chi connectivity index (χ2n) is 9.37. The monoisotopic (exact) mass is 526 g/mol. The minimum absolute atomic E-state index is 0.0615. The molecular weight excluding hydrogens is 500 g/mol. The molecule has 0 radical (unpaired) electrons. The Balaban J connectivity index is 1.15. The zero-order valence-electron chi connectivity index (χ0n) is 19.0. The summed E-state index contributed by atoms with van der Waals surface area (Å²) >= 11 is 2.57. The Morgan fingerprint density at radius 3 is 2.26 bits per heavy atom. The first-order valence-corrected chi connectivity index (χ1v) is 13.5. The first-order chi connectivity index (χ1) is 16.9. The number of nitrogens with zero attached hydrogens (tertiary/aromatic N) is 1. The minimum Gasteiger partial charge on any atom is -0.493 e. The van der Waals surface area contributed by atoms with Crippen LogP contribution < -0.4 is 9.46 Å². The fraction of sp³-hybridized carbons (Fsp3) is 0.480.